The van der Waals surface area contributed by atoms with E-state index in [9.17, 15) is 14.4 Å². The Kier molecular flexibility index (Phi) is 10.5. The van der Waals surface area contributed by atoms with Gasteiger partial charge in [0.1, 0.15) is 5.78 Å². The maximum Gasteiger partial charge on any atom is 0.320 e. The standard InChI is InChI=1S/C16H24O5.In/c1-4-7-11-8-9-12(17)10-13(11)14(15(18)20-5-2)16(19)21-6-3;/h4,11,13-14H,1,5-10H2,2-3H3;. The van der Waals surface area contributed by atoms with Gasteiger partial charge in [-0.05, 0) is 38.5 Å². The summed E-state index contributed by atoms with van der Waals surface area (Å²) >= 11 is 0. The number of rotatable bonds is 7. The average molecular weight is 411 g/mol. The van der Waals surface area contributed by atoms with E-state index in [1.807, 2.05) is 0 Å². The molecule has 22 heavy (non-hydrogen) atoms. The third-order valence-corrected chi connectivity index (χ3v) is 3.84. The first kappa shape index (κ1) is 21.2. The number of ketones is 1. The van der Waals surface area contributed by atoms with E-state index in [1.165, 1.54) is 0 Å². The number of carbonyl (C=O) groups is 3. The van der Waals surface area contributed by atoms with Crippen LogP contribution in [0.3, 0.4) is 0 Å². The Morgan fingerprint density at radius 3 is 2.27 bits per heavy atom. The molecule has 0 aromatic heterocycles. The van der Waals surface area contributed by atoms with Crippen LogP contribution < -0.4 is 0 Å². The van der Waals surface area contributed by atoms with Gasteiger partial charge in [-0.15, -0.1) is 6.58 Å². The molecule has 1 fully saturated rings. The molecule has 2 unspecified atom stereocenters. The summed E-state index contributed by atoms with van der Waals surface area (Å²) in [5.74, 6) is -2.39. The van der Waals surface area contributed by atoms with Crippen molar-refractivity contribution < 1.29 is 23.9 Å². The zero-order valence-electron chi connectivity index (χ0n) is 13.4. The van der Waals surface area contributed by atoms with E-state index in [-0.39, 0.29) is 63.1 Å². The first-order chi connectivity index (χ1) is 10.0. The van der Waals surface area contributed by atoms with Gasteiger partial charge in [-0.3, -0.25) is 14.4 Å². The summed E-state index contributed by atoms with van der Waals surface area (Å²) in [5.41, 5.74) is 0. The van der Waals surface area contributed by atoms with Gasteiger partial charge in [0.2, 0.25) is 0 Å². The molecule has 1 aliphatic carbocycles. The summed E-state index contributed by atoms with van der Waals surface area (Å²) in [5, 5.41) is 0. The number of hydrogen-bond donors (Lipinski definition) is 0. The Bertz CT molecular complexity index is 389. The van der Waals surface area contributed by atoms with Crippen molar-refractivity contribution in [3.63, 3.8) is 0 Å². The van der Waals surface area contributed by atoms with E-state index in [0.29, 0.717) is 19.3 Å². The van der Waals surface area contributed by atoms with Crippen molar-refractivity contribution in [2.24, 2.45) is 17.8 Å². The van der Waals surface area contributed by atoms with Crippen LogP contribution in [0.5, 0.6) is 0 Å². The minimum atomic E-state index is -1.01. The molecule has 0 bridgehead atoms. The first-order valence-corrected chi connectivity index (χ1v) is 7.50. The molecule has 5 nitrogen and oxygen atoms in total. The van der Waals surface area contributed by atoms with E-state index >= 15 is 0 Å². The van der Waals surface area contributed by atoms with Gasteiger partial charge in [0, 0.05) is 38.7 Å². The minimum Gasteiger partial charge on any atom is -0.465 e. The van der Waals surface area contributed by atoms with E-state index in [1.54, 1.807) is 19.9 Å². The topological polar surface area (TPSA) is 69.7 Å². The van der Waals surface area contributed by atoms with Gasteiger partial charge in [-0.1, -0.05) is 6.08 Å². The Balaban J connectivity index is 0.00000441. The van der Waals surface area contributed by atoms with Crippen LogP contribution in [-0.2, 0) is 23.9 Å². The molecule has 0 saturated heterocycles. The molecule has 0 spiro atoms. The minimum absolute atomic E-state index is 0. The molecule has 3 radical (unpaired) electrons. The molecule has 0 heterocycles. The van der Waals surface area contributed by atoms with Gasteiger partial charge in [0.05, 0.1) is 13.2 Å². The van der Waals surface area contributed by atoms with Crippen LogP contribution in [0.25, 0.3) is 0 Å². The summed E-state index contributed by atoms with van der Waals surface area (Å²) in [7, 11) is 0. The van der Waals surface area contributed by atoms with E-state index in [4.69, 9.17) is 9.47 Å². The molecular weight excluding hydrogens is 387 g/mol. The van der Waals surface area contributed by atoms with Gasteiger partial charge in [0.25, 0.3) is 0 Å². The first-order valence-electron chi connectivity index (χ1n) is 7.50. The van der Waals surface area contributed by atoms with Crippen molar-refractivity contribution in [2.45, 2.75) is 39.5 Å². The number of allylic oxidation sites excluding steroid dienone is 1. The van der Waals surface area contributed by atoms with Gasteiger partial charge < -0.3 is 9.47 Å². The second-order valence-electron chi connectivity index (χ2n) is 5.21. The van der Waals surface area contributed by atoms with Gasteiger partial charge in [-0.2, -0.15) is 0 Å². The Hall–Kier alpha value is -0.780. The largest absolute Gasteiger partial charge is 0.465 e. The summed E-state index contributed by atoms with van der Waals surface area (Å²) in [6.45, 7) is 7.48. The van der Waals surface area contributed by atoms with Crippen LogP contribution in [0.4, 0.5) is 0 Å². The quantitative estimate of drug-likeness (QED) is 0.364. The van der Waals surface area contributed by atoms with E-state index in [2.05, 4.69) is 6.58 Å². The van der Waals surface area contributed by atoms with Crippen LogP contribution in [-0.4, -0.2) is 56.8 Å². The van der Waals surface area contributed by atoms with E-state index < -0.39 is 17.9 Å². The number of Topliss-reactive ketones (excluding diaryl/α,β-unsaturated/α-hetero) is 1. The molecule has 1 saturated carbocycles. The maximum atomic E-state index is 12.2. The van der Waals surface area contributed by atoms with Crippen molar-refractivity contribution in [2.75, 3.05) is 13.2 Å². The van der Waals surface area contributed by atoms with Gasteiger partial charge in [-0.25, -0.2) is 0 Å². The van der Waals surface area contributed by atoms with Crippen LogP contribution in [0, 0.1) is 17.8 Å². The Labute approximate surface area is 150 Å². The fourth-order valence-electron chi connectivity index (χ4n) is 2.90. The third kappa shape index (κ3) is 5.78. The molecule has 0 aromatic carbocycles. The summed E-state index contributed by atoms with van der Waals surface area (Å²) in [6, 6.07) is 0. The van der Waals surface area contributed by atoms with Crippen molar-refractivity contribution in [1.29, 1.82) is 0 Å². The molecule has 1 rings (SSSR count). The Morgan fingerprint density at radius 2 is 1.82 bits per heavy atom. The predicted molar refractivity (Wildman–Crippen MR) is 83.2 cm³/mol. The molecule has 0 amide bonds. The van der Waals surface area contributed by atoms with Gasteiger partial charge in [0.15, 0.2) is 5.92 Å². The summed E-state index contributed by atoms with van der Waals surface area (Å²) < 4.78 is 10.0. The van der Waals surface area contributed by atoms with Crippen LogP contribution in [0.15, 0.2) is 12.7 Å². The van der Waals surface area contributed by atoms with Crippen molar-refractivity contribution >= 4 is 43.6 Å². The summed E-state index contributed by atoms with van der Waals surface area (Å²) in [4.78, 5) is 36.1. The molecule has 0 N–H and O–H groups in total. The molecule has 1 aliphatic rings. The fraction of sp³-hybridized carbons (Fsp3) is 0.688. The summed E-state index contributed by atoms with van der Waals surface area (Å²) in [6.07, 6.45) is 3.83. The number of hydrogen-bond acceptors (Lipinski definition) is 5. The van der Waals surface area contributed by atoms with E-state index in [0.717, 1.165) is 0 Å². The number of ether oxygens (including phenoxy) is 2. The zero-order valence-corrected chi connectivity index (χ0v) is 16.7. The Morgan fingerprint density at radius 1 is 1.27 bits per heavy atom. The fourth-order valence-corrected chi connectivity index (χ4v) is 2.90. The molecule has 0 aliphatic heterocycles. The van der Waals surface area contributed by atoms with Crippen LogP contribution in [0.1, 0.15) is 39.5 Å². The zero-order chi connectivity index (χ0) is 15.8. The molecule has 0 aromatic rings. The van der Waals surface area contributed by atoms with Crippen LogP contribution >= 0.6 is 0 Å². The SMILES string of the molecule is C=CCC1CCC(=O)CC1C(C(=O)OCC)C(=O)OCC.[In]. The number of carbonyl (C=O) groups excluding carboxylic acids is 3. The van der Waals surface area contributed by atoms with Crippen molar-refractivity contribution in [1.82, 2.24) is 0 Å². The molecule has 121 valence electrons. The molecule has 6 heteroatoms. The predicted octanol–water partition coefficient (Wildman–Crippen LogP) is 1.91. The normalized spacial score (nSPS) is 21.0. The molecule has 2 atom stereocenters. The maximum absolute atomic E-state index is 12.2. The molecular formula is C16H24InO5. The second-order valence-corrected chi connectivity index (χ2v) is 5.21. The smallest absolute Gasteiger partial charge is 0.320 e. The second kappa shape index (κ2) is 10.9. The van der Waals surface area contributed by atoms with Crippen molar-refractivity contribution in [3.8, 4) is 0 Å². The van der Waals surface area contributed by atoms with Crippen LogP contribution in [0.2, 0.25) is 0 Å². The van der Waals surface area contributed by atoms with Gasteiger partial charge >= 0.3 is 11.9 Å². The van der Waals surface area contributed by atoms with Crippen molar-refractivity contribution in [3.05, 3.63) is 12.7 Å². The number of esters is 2. The third-order valence-electron chi connectivity index (χ3n) is 3.84. The monoisotopic (exact) mass is 411 g/mol. The average Bonchev–Trinajstić information content (AvgIpc) is 2.43.